The number of phenols is 4. The lowest BCUT2D eigenvalue weighted by molar-refractivity contribution is 0.406. The van der Waals surface area contributed by atoms with Crippen molar-refractivity contribution in [2.24, 2.45) is 0 Å². The maximum atomic E-state index is 11.2. The molecule has 0 fully saturated rings. The molecule has 0 heterocycles. The molecule has 0 saturated heterocycles. The Morgan fingerprint density at radius 1 is 0.536 bits per heavy atom. The van der Waals surface area contributed by atoms with Crippen LogP contribution in [-0.2, 0) is 10.8 Å². The van der Waals surface area contributed by atoms with E-state index >= 15 is 0 Å². The molecule has 0 saturated carbocycles. The minimum Gasteiger partial charge on any atom is -0.508 e. The third-order valence-corrected chi connectivity index (χ3v) is 5.63. The van der Waals surface area contributed by atoms with Crippen LogP contribution in [0, 0.1) is 0 Å². The highest BCUT2D eigenvalue weighted by atomic mass is 16.3. The normalized spacial score (nSPS) is 12.1. The summed E-state index contributed by atoms with van der Waals surface area (Å²) < 4.78 is 0. The van der Waals surface area contributed by atoms with E-state index in [4.69, 9.17) is 0 Å². The molecule has 3 rings (SSSR count). The van der Waals surface area contributed by atoms with E-state index < -0.39 is 10.8 Å². The van der Waals surface area contributed by atoms with Crippen LogP contribution in [0.1, 0.15) is 49.9 Å². The van der Waals surface area contributed by atoms with Gasteiger partial charge in [0.15, 0.2) is 0 Å². The molecule has 0 atom stereocenters. The van der Waals surface area contributed by atoms with E-state index in [9.17, 15) is 20.4 Å². The Hall–Kier alpha value is -3.14. The van der Waals surface area contributed by atoms with Gasteiger partial charge in [-0.15, -0.1) is 0 Å². The Morgan fingerprint density at radius 2 is 0.964 bits per heavy atom. The van der Waals surface area contributed by atoms with Gasteiger partial charge in [0.05, 0.1) is 0 Å². The fraction of sp³-hybridized carbons (Fsp3) is 0.250. The number of rotatable bonds is 4. The Kier molecular flexibility index (Phi) is 4.76. The zero-order valence-corrected chi connectivity index (χ0v) is 16.6. The van der Waals surface area contributed by atoms with Crippen LogP contribution in [0.4, 0.5) is 0 Å². The second-order valence-electron chi connectivity index (χ2n) is 8.20. The fourth-order valence-electron chi connectivity index (χ4n) is 3.76. The number of hydrogen-bond donors (Lipinski definition) is 4. The van der Waals surface area contributed by atoms with E-state index in [-0.39, 0.29) is 23.0 Å². The lowest BCUT2D eigenvalue weighted by Gasteiger charge is -2.32. The first kappa shape index (κ1) is 19.6. The monoisotopic (exact) mass is 378 g/mol. The largest absolute Gasteiger partial charge is 0.508 e. The number of hydrogen-bond acceptors (Lipinski definition) is 4. The molecule has 0 unspecified atom stereocenters. The maximum absolute atomic E-state index is 11.2. The standard InChI is InChI=1S/C24H26O4/c1-23(2,15-5-9-17(25)10-6-15)19-13-14-20(27)21(22(19)28)24(3,4)16-7-11-18(26)12-8-16/h5-14,25-28H,1-4H3. The first-order chi connectivity index (χ1) is 13.0. The first-order valence-corrected chi connectivity index (χ1v) is 9.20. The van der Waals surface area contributed by atoms with Crippen molar-refractivity contribution in [3.8, 4) is 23.0 Å². The molecule has 0 amide bonds. The minimum absolute atomic E-state index is 0.0147. The lowest BCUT2D eigenvalue weighted by Crippen LogP contribution is -2.23. The Bertz CT molecular complexity index is 984. The molecule has 4 N–H and O–H groups in total. The molecular formula is C24H26O4. The SMILES string of the molecule is CC(C)(c1ccc(O)cc1)c1ccc(O)c(C(C)(C)c2ccc(O)cc2)c1O. The van der Waals surface area contributed by atoms with Crippen molar-refractivity contribution in [2.75, 3.05) is 0 Å². The van der Waals surface area contributed by atoms with Crippen LogP contribution < -0.4 is 0 Å². The molecule has 0 aliphatic rings. The van der Waals surface area contributed by atoms with Gasteiger partial charge in [0.2, 0.25) is 0 Å². The summed E-state index contributed by atoms with van der Waals surface area (Å²) in [6.45, 7) is 7.82. The molecule has 0 bridgehead atoms. The fourth-order valence-corrected chi connectivity index (χ4v) is 3.76. The van der Waals surface area contributed by atoms with Crippen molar-refractivity contribution in [1.82, 2.24) is 0 Å². The van der Waals surface area contributed by atoms with Crippen LogP contribution in [0.15, 0.2) is 60.7 Å². The molecule has 3 aromatic carbocycles. The Morgan fingerprint density at radius 3 is 1.43 bits per heavy atom. The van der Waals surface area contributed by atoms with Crippen molar-refractivity contribution < 1.29 is 20.4 Å². The van der Waals surface area contributed by atoms with Crippen LogP contribution in [0.3, 0.4) is 0 Å². The quantitative estimate of drug-likeness (QED) is 0.505. The van der Waals surface area contributed by atoms with Crippen LogP contribution in [0.5, 0.6) is 23.0 Å². The van der Waals surface area contributed by atoms with Crippen LogP contribution in [-0.4, -0.2) is 20.4 Å². The molecule has 0 radical (unpaired) electrons. The molecule has 0 spiro atoms. The summed E-state index contributed by atoms with van der Waals surface area (Å²) in [6, 6.07) is 17.0. The summed E-state index contributed by atoms with van der Waals surface area (Å²) in [5.41, 5.74) is 1.66. The van der Waals surface area contributed by atoms with Crippen molar-refractivity contribution >= 4 is 0 Å². The molecule has 0 aromatic heterocycles. The van der Waals surface area contributed by atoms with E-state index in [2.05, 4.69) is 0 Å². The number of benzene rings is 3. The van der Waals surface area contributed by atoms with Crippen molar-refractivity contribution in [2.45, 2.75) is 38.5 Å². The summed E-state index contributed by atoms with van der Waals surface area (Å²) in [6.07, 6.45) is 0. The van der Waals surface area contributed by atoms with Gasteiger partial charge in [-0.3, -0.25) is 0 Å². The third-order valence-electron chi connectivity index (χ3n) is 5.63. The van der Waals surface area contributed by atoms with Crippen LogP contribution in [0.2, 0.25) is 0 Å². The van der Waals surface area contributed by atoms with Crippen molar-refractivity contribution in [3.63, 3.8) is 0 Å². The topological polar surface area (TPSA) is 80.9 Å². The lowest BCUT2D eigenvalue weighted by atomic mass is 9.72. The van der Waals surface area contributed by atoms with Gasteiger partial charge < -0.3 is 20.4 Å². The molecular weight excluding hydrogens is 352 g/mol. The van der Waals surface area contributed by atoms with Crippen LogP contribution in [0.25, 0.3) is 0 Å². The van der Waals surface area contributed by atoms with E-state index in [0.29, 0.717) is 11.1 Å². The molecule has 146 valence electrons. The van der Waals surface area contributed by atoms with Gasteiger partial charge in [0.25, 0.3) is 0 Å². The third kappa shape index (κ3) is 3.26. The van der Waals surface area contributed by atoms with E-state index in [1.807, 2.05) is 39.8 Å². The zero-order chi connectivity index (χ0) is 20.7. The second kappa shape index (κ2) is 6.79. The molecule has 4 heteroatoms. The van der Waals surface area contributed by atoms with Gasteiger partial charge in [-0.05, 0) is 41.5 Å². The van der Waals surface area contributed by atoms with Gasteiger partial charge in [0, 0.05) is 22.0 Å². The summed E-state index contributed by atoms with van der Waals surface area (Å²) in [5, 5.41) is 41.0. The molecule has 0 aliphatic carbocycles. The van der Waals surface area contributed by atoms with Gasteiger partial charge in [0.1, 0.15) is 23.0 Å². The average molecular weight is 378 g/mol. The Balaban J connectivity index is 2.17. The molecule has 4 nitrogen and oxygen atoms in total. The predicted octanol–water partition coefficient (Wildman–Crippen LogP) is 5.16. The van der Waals surface area contributed by atoms with Crippen molar-refractivity contribution in [3.05, 3.63) is 82.9 Å². The summed E-state index contributed by atoms with van der Waals surface area (Å²) >= 11 is 0. The highest BCUT2D eigenvalue weighted by Gasteiger charge is 2.34. The van der Waals surface area contributed by atoms with Gasteiger partial charge in [-0.1, -0.05) is 58.0 Å². The maximum Gasteiger partial charge on any atom is 0.127 e. The van der Waals surface area contributed by atoms with Gasteiger partial charge in [-0.25, -0.2) is 0 Å². The van der Waals surface area contributed by atoms with E-state index in [0.717, 1.165) is 11.1 Å². The molecule has 3 aromatic rings. The smallest absolute Gasteiger partial charge is 0.127 e. The predicted molar refractivity (Wildman–Crippen MR) is 110 cm³/mol. The van der Waals surface area contributed by atoms with Gasteiger partial charge in [-0.2, -0.15) is 0 Å². The van der Waals surface area contributed by atoms with Gasteiger partial charge >= 0.3 is 0 Å². The summed E-state index contributed by atoms with van der Waals surface area (Å²) in [7, 11) is 0. The number of aromatic hydroxyl groups is 4. The highest BCUT2D eigenvalue weighted by molar-refractivity contribution is 5.59. The second-order valence-corrected chi connectivity index (χ2v) is 8.20. The average Bonchev–Trinajstić information content (AvgIpc) is 2.62. The summed E-state index contributed by atoms with van der Waals surface area (Å²) in [4.78, 5) is 0. The highest BCUT2D eigenvalue weighted by Crippen LogP contribution is 2.48. The number of phenolic OH excluding ortho intramolecular Hbond substituents is 4. The van der Waals surface area contributed by atoms with Crippen molar-refractivity contribution in [1.29, 1.82) is 0 Å². The van der Waals surface area contributed by atoms with E-state index in [1.54, 1.807) is 48.5 Å². The molecule has 28 heavy (non-hydrogen) atoms. The minimum atomic E-state index is -0.692. The zero-order valence-electron chi connectivity index (χ0n) is 16.6. The summed E-state index contributed by atoms with van der Waals surface area (Å²) in [5.74, 6) is 0.399. The first-order valence-electron chi connectivity index (χ1n) is 9.20. The van der Waals surface area contributed by atoms with E-state index in [1.165, 1.54) is 0 Å². The van der Waals surface area contributed by atoms with Crippen LogP contribution >= 0.6 is 0 Å². The Labute approximate surface area is 165 Å². The molecule has 0 aliphatic heterocycles.